The van der Waals surface area contributed by atoms with Crippen molar-refractivity contribution in [2.24, 2.45) is 0 Å². The van der Waals surface area contributed by atoms with Gasteiger partial charge in [0.05, 0.1) is 24.3 Å². The Balaban J connectivity index is 2.54. The van der Waals surface area contributed by atoms with Gasteiger partial charge in [-0.2, -0.15) is 5.26 Å². The third-order valence-electron chi connectivity index (χ3n) is 2.06. The summed E-state index contributed by atoms with van der Waals surface area (Å²) in [5.41, 5.74) is 1.46. The molecule has 0 saturated carbocycles. The Labute approximate surface area is 89.1 Å². The van der Waals surface area contributed by atoms with Gasteiger partial charge in [0.15, 0.2) is 0 Å². The molecule has 4 heteroatoms. The van der Waals surface area contributed by atoms with E-state index in [1.807, 2.05) is 12.1 Å². The number of ether oxygens (including phenoxy) is 1. The fourth-order valence-corrected chi connectivity index (χ4v) is 1.15. The number of nitrogens with zero attached hydrogens (tertiary/aromatic N) is 1. The monoisotopic (exact) mass is 206 g/mol. The number of nitriles is 1. The molecule has 0 saturated heterocycles. The molecule has 80 valence electrons. The van der Waals surface area contributed by atoms with E-state index in [1.165, 1.54) is 0 Å². The quantitative estimate of drug-likeness (QED) is 0.753. The Morgan fingerprint density at radius 1 is 1.60 bits per heavy atom. The Hall–Kier alpha value is -1.57. The van der Waals surface area contributed by atoms with Gasteiger partial charge in [-0.05, 0) is 18.2 Å². The Morgan fingerprint density at radius 3 is 3.00 bits per heavy atom. The molecule has 1 aromatic carbocycles. The zero-order valence-corrected chi connectivity index (χ0v) is 8.60. The molecule has 0 bridgehead atoms. The highest BCUT2D eigenvalue weighted by Crippen LogP contribution is 2.09. The first kappa shape index (κ1) is 11.5. The molecule has 1 rings (SSSR count). The van der Waals surface area contributed by atoms with Crippen molar-refractivity contribution in [3.63, 3.8) is 0 Å². The number of nitrogens with one attached hydrogen (secondary N) is 1. The molecule has 0 spiro atoms. The topological polar surface area (TPSA) is 65.3 Å². The van der Waals surface area contributed by atoms with Crippen molar-refractivity contribution in [1.82, 2.24) is 0 Å². The van der Waals surface area contributed by atoms with Crippen molar-refractivity contribution in [3.05, 3.63) is 29.8 Å². The largest absolute Gasteiger partial charge is 0.394 e. The third-order valence-corrected chi connectivity index (χ3v) is 2.06. The maximum absolute atomic E-state index is 8.89. The van der Waals surface area contributed by atoms with Gasteiger partial charge in [0.2, 0.25) is 0 Å². The number of methoxy groups -OCH3 is 1. The molecule has 0 aliphatic rings. The van der Waals surface area contributed by atoms with Crippen LogP contribution in [0.2, 0.25) is 0 Å². The number of hydrogen-bond acceptors (Lipinski definition) is 4. The van der Waals surface area contributed by atoms with E-state index in [1.54, 1.807) is 19.2 Å². The van der Waals surface area contributed by atoms with Gasteiger partial charge in [-0.25, -0.2) is 0 Å². The number of hydrogen-bond donors (Lipinski definition) is 2. The van der Waals surface area contributed by atoms with Crippen LogP contribution in [0.15, 0.2) is 24.3 Å². The maximum Gasteiger partial charge on any atom is 0.0992 e. The lowest BCUT2D eigenvalue weighted by molar-refractivity contribution is 0.0582. The van der Waals surface area contributed by atoms with Gasteiger partial charge >= 0.3 is 0 Å². The van der Waals surface area contributed by atoms with Crippen LogP contribution >= 0.6 is 0 Å². The van der Waals surface area contributed by atoms with E-state index in [4.69, 9.17) is 15.1 Å². The van der Waals surface area contributed by atoms with Gasteiger partial charge < -0.3 is 15.2 Å². The van der Waals surface area contributed by atoms with E-state index in [2.05, 4.69) is 11.4 Å². The van der Waals surface area contributed by atoms with Crippen LogP contribution in [0.5, 0.6) is 0 Å². The van der Waals surface area contributed by atoms with Crippen molar-refractivity contribution in [2.45, 2.75) is 6.10 Å². The first-order chi connectivity index (χ1) is 7.30. The van der Waals surface area contributed by atoms with Crippen LogP contribution in [0, 0.1) is 11.3 Å². The summed E-state index contributed by atoms with van der Waals surface area (Å²) < 4.78 is 5.00. The van der Waals surface area contributed by atoms with Gasteiger partial charge in [0.1, 0.15) is 0 Å². The van der Waals surface area contributed by atoms with Crippen molar-refractivity contribution in [1.29, 1.82) is 5.26 Å². The summed E-state index contributed by atoms with van der Waals surface area (Å²) in [6, 6.07) is 9.23. The van der Waals surface area contributed by atoms with E-state index >= 15 is 0 Å². The summed E-state index contributed by atoms with van der Waals surface area (Å²) in [6.07, 6.45) is -0.226. The van der Waals surface area contributed by atoms with Crippen LogP contribution < -0.4 is 5.32 Å². The smallest absolute Gasteiger partial charge is 0.0992 e. The first-order valence-electron chi connectivity index (χ1n) is 4.68. The molecule has 0 aromatic heterocycles. The second-order valence-electron chi connectivity index (χ2n) is 3.11. The molecule has 2 N–H and O–H groups in total. The summed E-state index contributed by atoms with van der Waals surface area (Å²) in [6.45, 7) is 0.489. The summed E-state index contributed by atoms with van der Waals surface area (Å²) in [4.78, 5) is 0. The second-order valence-corrected chi connectivity index (χ2v) is 3.11. The zero-order chi connectivity index (χ0) is 11.1. The predicted molar refractivity (Wildman–Crippen MR) is 57.5 cm³/mol. The molecular weight excluding hydrogens is 192 g/mol. The van der Waals surface area contributed by atoms with Crippen molar-refractivity contribution in [2.75, 3.05) is 25.6 Å². The number of anilines is 1. The fraction of sp³-hybridized carbons (Fsp3) is 0.364. The van der Waals surface area contributed by atoms with E-state index in [0.29, 0.717) is 12.1 Å². The molecule has 0 aliphatic heterocycles. The summed E-state index contributed by atoms with van der Waals surface area (Å²) >= 11 is 0. The molecule has 1 aromatic rings. The van der Waals surface area contributed by atoms with Crippen LogP contribution in [-0.4, -0.2) is 31.5 Å². The lowest BCUT2D eigenvalue weighted by Gasteiger charge is -2.13. The van der Waals surface area contributed by atoms with E-state index < -0.39 is 0 Å². The van der Waals surface area contributed by atoms with Crippen LogP contribution in [0.4, 0.5) is 5.69 Å². The fourth-order valence-electron chi connectivity index (χ4n) is 1.15. The maximum atomic E-state index is 8.89. The van der Waals surface area contributed by atoms with Gasteiger partial charge in [0, 0.05) is 19.3 Å². The molecule has 0 fully saturated rings. The number of rotatable bonds is 5. The summed E-state index contributed by atoms with van der Waals surface area (Å²) in [5, 5.41) is 20.7. The van der Waals surface area contributed by atoms with Gasteiger partial charge in [-0.1, -0.05) is 6.07 Å². The lowest BCUT2D eigenvalue weighted by atomic mass is 10.2. The predicted octanol–water partition coefficient (Wildman–Crippen LogP) is 0.977. The highest BCUT2D eigenvalue weighted by molar-refractivity contribution is 5.49. The Bertz CT molecular complexity index is 343. The average Bonchev–Trinajstić information content (AvgIpc) is 2.31. The minimum Gasteiger partial charge on any atom is -0.394 e. The highest BCUT2D eigenvalue weighted by Gasteiger charge is 2.04. The van der Waals surface area contributed by atoms with E-state index in [9.17, 15) is 0 Å². The van der Waals surface area contributed by atoms with Crippen molar-refractivity contribution >= 4 is 5.69 Å². The Morgan fingerprint density at radius 2 is 2.40 bits per heavy atom. The molecule has 15 heavy (non-hydrogen) atoms. The van der Waals surface area contributed by atoms with Crippen LogP contribution in [0.1, 0.15) is 5.56 Å². The van der Waals surface area contributed by atoms with Gasteiger partial charge in [-0.15, -0.1) is 0 Å². The number of benzene rings is 1. The van der Waals surface area contributed by atoms with Gasteiger partial charge in [0.25, 0.3) is 0 Å². The molecule has 0 amide bonds. The molecule has 0 aliphatic carbocycles. The standard InChI is InChI=1S/C11H14N2O2/c1-15-11(8-14)7-13-10-4-2-3-9(5-10)6-12/h2-5,11,13-14H,7-8H2,1H3. The summed E-state index contributed by atoms with van der Waals surface area (Å²) in [7, 11) is 1.55. The highest BCUT2D eigenvalue weighted by atomic mass is 16.5. The molecule has 4 nitrogen and oxygen atoms in total. The van der Waals surface area contributed by atoms with Crippen molar-refractivity contribution in [3.8, 4) is 6.07 Å². The van der Waals surface area contributed by atoms with Gasteiger partial charge in [-0.3, -0.25) is 0 Å². The molecule has 0 heterocycles. The van der Waals surface area contributed by atoms with Crippen LogP contribution in [0.3, 0.4) is 0 Å². The SMILES string of the molecule is COC(CO)CNc1cccc(C#N)c1. The zero-order valence-electron chi connectivity index (χ0n) is 8.60. The normalized spacial score (nSPS) is 11.8. The minimum absolute atomic E-state index is 0.0263. The number of aliphatic hydroxyl groups excluding tert-OH is 1. The molecular formula is C11H14N2O2. The molecule has 1 unspecified atom stereocenters. The molecule has 1 atom stereocenters. The van der Waals surface area contributed by atoms with Crippen molar-refractivity contribution < 1.29 is 9.84 Å². The van der Waals surface area contributed by atoms with E-state index in [0.717, 1.165) is 5.69 Å². The third kappa shape index (κ3) is 3.58. The molecule has 0 radical (unpaired) electrons. The number of aliphatic hydroxyl groups is 1. The average molecular weight is 206 g/mol. The summed E-state index contributed by atoms with van der Waals surface area (Å²) in [5.74, 6) is 0. The minimum atomic E-state index is -0.226. The Kier molecular flexibility index (Phi) is 4.61. The lowest BCUT2D eigenvalue weighted by Crippen LogP contribution is -2.25. The first-order valence-corrected chi connectivity index (χ1v) is 4.68. The van der Waals surface area contributed by atoms with Crippen LogP contribution in [-0.2, 0) is 4.74 Å². The van der Waals surface area contributed by atoms with E-state index in [-0.39, 0.29) is 12.7 Å². The second kappa shape index (κ2) is 6.02. The van der Waals surface area contributed by atoms with Crippen LogP contribution in [0.25, 0.3) is 0 Å².